The summed E-state index contributed by atoms with van der Waals surface area (Å²) in [4.78, 5) is 15.3. The molecule has 188 valence electrons. The Balaban J connectivity index is 0.00000432. The van der Waals surface area contributed by atoms with Gasteiger partial charge in [-0.05, 0) is 78.8 Å². The Bertz CT molecular complexity index is 1160. The molecule has 3 aromatic rings. The molecule has 0 fully saturated rings. The van der Waals surface area contributed by atoms with Gasteiger partial charge in [-0.1, -0.05) is 62.2 Å². The first kappa shape index (κ1) is 28.8. The number of carbonyl (C=O) groups is 1. The summed E-state index contributed by atoms with van der Waals surface area (Å²) in [5.41, 5.74) is 10.9. The second-order valence-corrected chi connectivity index (χ2v) is 8.99. The van der Waals surface area contributed by atoms with Gasteiger partial charge in [0.25, 0.3) is 0 Å². The van der Waals surface area contributed by atoms with Crippen LogP contribution in [0.25, 0.3) is 0 Å². The highest BCUT2D eigenvalue weighted by Crippen LogP contribution is 2.36. The lowest BCUT2D eigenvalue weighted by Crippen LogP contribution is -2.38. The number of amides is 2. The van der Waals surface area contributed by atoms with E-state index in [1.165, 1.54) is 6.07 Å². The Morgan fingerprint density at radius 3 is 2.17 bits per heavy atom. The lowest BCUT2D eigenvalue weighted by molar-refractivity contribution is 0.255. The van der Waals surface area contributed by atoms with E-state index in [4.69, 9.17) is 28.9 Å². The van der Waals surface area contributed by atoms with Crippen LogP contribution < -0.4 is 16.0 Å². The monoisotopic (exact) mass is 535 g/mol. The molecule has 0 aliphatic heterocycles. The number of nitrogens with one attached hydrogen (secondary N) is 1. The van der Waals surface area contributed by atoms with Crippen molar-refractivity contribution >= 4 is 59.8 Å². The Labute approximate surface area is 224 Å². The summed E-state index contributed by atoms with van der Waals surface area (Å²) in [7, 11) is 0. The van der Waals surface area contributed by atoms with Gasteiger partial charge in [0.2, 0.25) is 0 Å². The molecule has 35 heavy (non-hydrogen) atoms. The van der Waals surface area contributed by atoms with Crippen molar-refractivity contribution in [1.29, 1.82) is 0 Å². The van der Waals surface area contributed by atoms with Crippen LogP contribution in [-0.2, 0) is 19.3 Å². The van der Waals surface area contributed by atoms with Crippen LogP contribution in [0.5, 0.6) is 0 Å². The molecule has 1 atom stereocenters. The third kappa shape index (κ3) is 6.24. The predicted molar refractivity (Wildman–Crippen MR) is 152 cm³/mol. The van der Waals surface area contributed by atoms with Crippen molar-refractivity contribution in [1.82, 2.24) is 0 Å². The summed E-state index contributed by atoms with van der Waals surface area (Å²) in [6.45, 7) is 7.73. The van der Waals surface area contributed by atoms with Crippen molar-refractivity contribution in [2.45, 2.75) is 53.0 Å². The minimum Gasteiger partial charge on any atom is -0.398 e. The summed E-state index contributed by atoms with van der Waals surface area (Å²) in [6.07, 6.45) is 1.80. The molecule has 0 aliphatic rings. The van der Waals surface area contributed by atoms with Gasteiger partial charge in [-0.15, -0.1) is 0 Å². The number of anilines is 3. The molecule has 3 N–H and O–H groups in total. The molecular formula is C27H32Cl2FN3OS. The van der Waals surface area contributed by atoms with Gasteiger partial charge < -0.3 is 11.1 Å². The zero-order chi connectivity index (χ0) is 25.0. The molecule has 0 aromatic heterocycles. The van der Waals surface area contributed by atoms with Crippen molar-refractivity contribution in [2.24, 2.45) is 0 Å². The minimum absolute atomic E-state index is 0. The lowest BCUT2D eigenvalue weighted by atomic mass is 10.0. The number of rotatable bonds is 7. The van der Waals surface area contributed by atoms with E-state index in [-0.39, 0.29) is 19.3 Å². The van der Waals surface area contributed by atoms with Crippen molar-refractivity contribution in [3.8, 4) is 0 Å². The van der Waals surface area contributed by atoms with Crippen molar-refractivity contribution in [3.63, 3.8) is 0 Å². The van der Waals surface area contributed by atoms with Gasteiger partial charge in [0.15, 0.2) is 0 Å². The largest absolute Gasteiger partial charge is 0.398 e. The van der Waals surface area contributed by atoms with E-state index in [1.54, 1.807) is 35.2 Å². The summed E-state index contributed by atoms with van der Waals surface area (Å²) >= 11 is 12.5. The second kappa shape index (κ2) is 12.5. The SMILES string of the molecule is CCc1ccc(N(C(=O)Nc2c(CC)c(N)cc(Cl)c2CC)[C@@H](C)c2ccc(Cl)cc2)cc1F.S. The van der Waals surface area contributed by atoms with Gasteiger partial charge in [0.05, 0.1) is 11.7 Å². The predicted octanol–water partition coefficient (Wildman–Crippen LogP) is 8.31. The maximum absolute atomic E-state index is 14.8. The molecule has 0 unspecified atom stereocenters. The van der Waals surface area contributed by atoms with Crippen LogP contribution in [0.15, 0.2) is 48.5 Å². The van der Waals surface area contributed by atoms with Crippen LogP contribution in [0.3, 0.4) is 0 Å². The van der Waals surface area contributed by atoms with E-state index in [2.05, 4.69) is 5.32 Å². The molecule has 0 spiro atoms. The standard InChI is InChI=1S/C27H30Cl2FN3O.H2S/c1-5-17-10-13-20(14-24(17)30)33(16(4)18-8-11-19(28)12-9-18)27(34)32-26-21(6-2)23(29)15-25(31)22(26)7-3;/h8-16H,5-7,31H2,1-4H3,(H,32,34);1H2/t16-;/m0./s1. The van der Waals surface area contributed by atoms with Crippen LogP contribution in [-0.4, -0.2) is 6.03 Å². The van der Waals surface area contributed by atoms with Gasteiger partial charge >= 0.3 is 6.03 Å². The highest BCUT2D eigenvalue weighted by Gasteiger charge is 2.26. The molecule has 0 bridgehead atoms. The van der Waals surface area contributed by atoms with Gasteiger partial charge in [-0.3, -0.25) is 4.90 Å². The Morgan fingerprint density at radius 2 is 1.63 bits per heavy atom. The topological polar surface area (TPSA) is 58.4 Å². The molecule has 3 aromatic carbocycles. The highest BCUT2D eigenvalue weighted by molar-refractivity contribution is 7.59. The number of nitrogens with two attached hydrogens (primary N) is 1. The molecule has 0 saturated carbocycles. The number of benzene rings is 3. The second-order valence-electron chi connectivity index (χ2n) is 8.14. The zero-order valence-electron chi connectivity index (χ0n) is 20.4. The van der Waals surface area contributed by atoms with E-state index in [1.807, 2.05) is 39.8 Å². The third-order valence-electron chi connectivity index (χ3n) is 6.12. The average Bonchev–Trinajstić information content (AvgIpc) is 2.80. The summed E-state index contributed by atoms with van der Waals surface area (Å²) in [6, 6.07) is 13.0. The molecule has 3 rings (SSSR count). The Hall–Kier alpha value is -2.41. The number of carbonyl (C=O) groups excluding carboxylic acids is 1. The van der Waals surface area contributed by atoms with Crippen molar-refractivity contribution in [3.05, 3.63) is 86.6 Å². The van der Waals surface area contributed by atoms with Crippen LogP contribution in [0.2, 0.25) is 10.0 Å². The molecule has 0 aliphatic carbocycles. The summed E-state index contributed by atoms with van der Waals surface area (Å²) < 4.78 is 14.8. The molecule has 8 heteroatoms. The maximum Gasteiger partial charge on any atom is 0.326 e. The number of halogens is 3. The van der Waals surface area contributed by atoms with Gasteiger partial charge in [-0.2, -0.15) is 13.5 Å². The fraction of sp³-hybridized carbons (Fsp3) is 0.296. The number of aryl methyl sites for hydroxylation is 1. The fourth-order valence-corrected chi connectivity index (χ4v) is 4.65. The molecule has 2 amide bonds. The van der Waals surface area contributed by atoms with E-state index in [0.29, 0.717) is 51.9 Å². The molecule has 0 radical (unpaired) electrons. The van der Waals surface area contributed by atoms with Crippen LogP contribution in [0.4, 0.5) is 26.2 Å². The van der Waals surface area contributed by atoms with Gasteiger partial charge in [0, 0.05) is 21.4 Å². The smallest absolute Gasteiger partial charge is 0.326 e. The Morgan fingerprint density at radius 1 is 1.00 bits per heavy atom. The van der Waals surface area contributed by atoms with E-state index in [9.17, 15) is 9.18 Å². The maximum atomic E-state index is 14.8. The molecule has 4 nitrogen and oxygen atoms in total. The van der Waals surface area contributed by atoms with E-state index in [0.717, 1.165) is 16.7 Å². The van der Waals surface area contributed by atoms with Gasteiger partial charge in [0.1, 0.15) is 5.82 Å². The number of nitrogen functional groups attached to an aromatic ring is 1. The molecular weight excluding hydrogens is 504 g/mol. The average molecular weight is 537 g/mol. The van der Waals surface area contributed by atoms with Crippen LogP contribution in [0, 0.1) is 5.82 Å². The normalized spacial score (nSPS) is 11.5. The van der Waals surface area contributed by atoms with Gasteiger partial charge in [-0.25, -0.2) is 9.18 Å². The van der Waals surface area contributed by atoms with Crippen LogP contribution in [0.1, 0.15) is 56.0 Å². The number of nitrogens with zero attached hydrogens (tertiary/aromatic N) is 1. The van der Waals surface area contributed by atoms with E-state index < -0.39 is 12.1 Å². The fourth-order valence-electron chi connectivity index (χ4n) is 4.18. The number of urea groups is 1. The minimum atomic E-state index is -0.407. The first-order valence-electron chi connectivity index (χ1n) is 11.4. The highest BCUT2D eigenvalue weighted by atomic mass is 35.5. The van der Waals surface area contributed by atoms with Crippen molar-refractivity contribution in [2.75, 3.05) is 16.0 Å². The number of hydrogen-bond donors (Lipinski definition) is 2. The summed E-state index contributed by atoms with van der Waals surface area (Å²) in [5.74, 6) is -0.350. The van der Waals surface area contributed by atoms with Crippen molar-refractivity contribution < 1.29 is 9.18 Å². The zero-order valence-corrected chi connectivity index (χ0v) is 22.9. The third-order valence-corrected chi connectivity index (χ3v) is 6.71. The first-order chi connectivity index (χ1) is 16.2. The van der Waals surface area contributed by atoms with E-state index >= 15 is 0 Å². The Kier molecular flexibility index (Phi) is 10.3. The summed E-state index contributed by atoms with van der Waals surface area (Å²) in [5, 5.41) is 4.15. The number of hydrogen-bond acceptors (Lipinski definition) is 2. The lowest BCUT2D eigenvalue weighted by Gasteiger charge is -2.31. The first-order valence-corrected chi connectivity index (χ1v) is 12.2. The molecule has 0 heterocycles. The van der Waals surface area contributed by atoms with Crippen LogP contribution >= 0.6 is 36.7 Å². The molecule has 0 saturated heterocycles. The quantitative estimate of drug-likeness (QED) is 0.298.